The molecular formula is C47H85O13P. The second kappa shape index (κ2) is 37.4. The molecule has 6 N–H and O–H groups in total. The molecule has 0 saturated heterocycles. The first-order valence-electron chi connectivity index (χ1n) is 23.8. The Balaban J connectivity index is 2.45. The minimum Gasteiger partial charge on any atom is -0.462 e. The average Bonchev–Trinajstić information content (AvgIpc) is 3.24. The number of carbonyl (C=O) groups excluding carboxylic acids is 2. The van der Waals surface area contributed by atoms with Gasteiger partial charge in [0.05, 0.1) is 6.61 Å². The molecule has 1 fully saturated rings. The lowest BCUT2D eigenvalue weighted by molar-refractivity contribution is -0.220. The van der Waals surface area contributed by atoms with Crippen LogP contribution in [0.25, 0.3) is 0 Å². The van der Waals surface area contributed by atoms with Crippen molar-refractivity contribution in [1.82, 2.24) is 0 Å². The third kappa shape index (κ3) is 30.0. The summed E-state index contributed by atoms with van der Waals surface area (Å²) in [5, 5.41) is 50.2. The molecule has 0 aromatic heterocycles. The summed E-state index contributed by atoms with van der Waals surface area (Å²) in [6.45, 7) is 3.26. The quantitative estimate of drug-likeness (QED) is 0.0147. The highest BCUT2D eigenvalue weighted by atomic mass is 31.2. The van der Waals surface area contributed by atoms with Gasteiger partial charge in [-0.2, -0.15) is 0 Å². The molecule has 1 saturated carbocycles. The van der Waals surface area contributed by atoms with Crippen molar-refractivity contribution in [2.75, 3.05) is 13.2 Å². The molecule has 8 atom stereocenters. The molecular weight excluding hydrogens is 803 g/mol. The minimum atomic E-state index is -5.12. The molecule has 0 spiro atoms. The maximum atomic E-state index is 12.8. The van der Waals surface area contributed by atoms with E-state index in [2.05, 4.69) is 50.3 Å². The van der Waals surface area contributed by atoms with Crippen LogP contribution in [0, 0.1) is 0 Å². The Hall–Kier alpha value is -1.93. The topological polar surface area (TPSA) is 210 Å². The second-order valence-corrected chi connectivity index (χ2v) is 18.0. The smallest absolute Gasteiger partial charge is 0.462 e. The van der Waals surface area contributed by atoms with Crippen LogP contribution < -0.4 is 0 Å². The molecule has 6 unspecified atom stereocenters. The Morgan fingerprint density at radius 2 is 0.885 bits per heavy atom. The predicted octanol–water partition coefficient (Wildman–Crippen LogP) is 9.39. The number of unbranched alkanes of at least 4 members (excludes halogenated alkanes) is 21. The maximum absolute atomic E-state index is 12.8. The number of rotatable bonds is 39. The van der Waals surface area contributed by atoms with Gasteiger partial charge in [0.2, 0.25) is 0 Å². The number of hydrogen-bond acceptors (Lipinski definition) is 12. The van der Waals surface area contributed by atoms with Crippen LogP contribution in [-0.2, 0) is 32.7 Å². The van der Waals surface area contributed by atoms with Crippen LogP contribution in [0.15, 0.2) is 36.5 Å². The van der Waals surface area contributed by atoms with Gasteiger partial charge in [0, 0.05) is 12.8 Å². The summed E-state index contributed by atoms with van der Waals surface area (Å²) in [4.78, 5) is 35.7. The fourth-order valence-electron chi connectivity index (χ4n) is 7.08. The summed E-state index contributed by atoms with van der Waals surface area (Å²) >= 11 is 0. The zero-order valence-corrected chi connectivity index (χ0v) is 38.6. The summed E-state index contributed by atoms with van der Waals surface area (Å²) in [5.41, 5.74) is 0. The largest absolute Gasteiger partial charge is 0.472 e. The van der Waals surface area contributed by atoms with E-state index in [1.54, 1.807) is 0 Å². The van der Waals surface area contributed by atoms with Gasteiger partial charge < -0.3 is 39.9 Å². The van der Waals surface area contributed by atoms with Crippen molar-refractivity contribution >= 4 is 19.8 Å². The molecule has 356 valence electrons. The monoisotopic (exact) mass is 889 g/mol. The molecule has 13 nitrogen and oxygen atoms in total. The van der Waals surface area contributed by atoms with E-state index in [4.69, 9.17) is 18.5 Å². The van der Waals surface area contributed by atoms with E-state index in [0.29, 0.717) is 12.8 Å². The Kier molecular flexibility index (Phi) is 35.0. The fourth-order valence-corrected chi connectivity index (χ4v) is 8.05. The van der Waals surface area contributed by atoms with Gasteiger partial charge in [-0.15, -0.1) is 0 Å². The van der Waals surface area contributed by atoms with Gasteiger partial charge >= 0.3 is 19.8 Å². The number of ether oxygens (including phenoxy) is 2. The highest BCUT2D eigenvalue weighted by Gasteiger charge is 2.51. The average molecular weight is 889 g/mol. The van der Waals surface area contributed by atoms with Crippen molar-refractivity contribution in [3.05, 3.63) is 36.5 Å². The number of aliphatic hydroxyl groups excluding tert-OH is 5. The van der Waals surface area contributed by atoms with E-state index in [9.17, 15) is 44.6 Å². The van der Waals surface area contributed by atoms with Crippen molar-refractivity contribution in [1.29, 1.82) is 0 Å². The summed E-state index contributed by atoms with van der Waals surface area (Å²) in [6.07, 6.45) is 29.0. The highest BCUT2D eigenvalue weighted by Crippen LogP contribution is 2.47. The Morgan fingerprint density at radius 1 is 0.508 bits per heavy atom. The lowest BCUT2D eigenvalue weighted by Gasteiger charge is -2.41. The van der Waals surface area contributed by atoms with Crippen LogP contribution in [0.5, 0.6) is 0 Å². The summed E-state index contributed by atoms with van der Waals surface area (Å²) < 4.78 is 33.5. The van der Waals surface area contributed by atoms with Gasteiger partial charge in [0.15, 0.2) is 6.10 Å². The molecule has 0 heterocycles. The molecule has 0 aliphatic heterocycles. The molecule has 0 amide bonds. The first kappa shape index (κ1) is 57.1. The van der Waals surface area contributed by atoms with Gasteiger partial charge in [-0.05, 0) is 70.6 Å². The molecule has 0 aromatic rings. The van der Waals surface area contributed by atoms with Gasteiger partial charge in [-0.3, -0.25) is 18.6 Å². The fraction of sp³-hybridized carbons (Fsp3) is 0.830. The summed E-state index contributed by atoms with van der Waals surface area (Å²) in [7, 11) is -5.12. The van der Waals surface area contributed by atoms with Gasteiger partial charge in [-0.1, -0.05) is 147 Å². The molecule has 61 heavy (non-hydrogen) atoms. The Labute approximate surface area is 368 Å². The first-order chi connectivity index (χ1) is 29.4. The van der Waals surface area contributed by atoms with Crippen LogP contribution >= 0.6 is 7.82 Å². The maximum Gasteiger partial charge on any atom is 0.472 e. The van der Waals surface area contributed by atoms with Gasteiger partial charge in [-0.25, -0.2) is 4.57 Å². The van der Waals surface area contributed by atoms with Crippen LogP contribution in [0.3, 0.4) is 0 Å². The lowest BCUT2D eigenvalue weighted by Crippen LogP contribution is -2.64. The van der Waals surface area contributed by atoms with Crippen LogP contribution in [-0.4, -0.2) is 98.3 Å². The van der Waals surface area contributed by atoms with E-state index in [1.165, 1.54) is 64.2 Å². The van der Waals surface area contributed by atoms with Crippen molar-refractivity contribution in [3.63, 3.8) is 0 Å². The SMILES string of the molecule is CCCCC/C=C/C/C=C/CCCCCCCCCC(=O)O[C@H](COC(=O)CCCCCCCCC/C=C/CCCCCC)COP(=O)(O)OC1C(O)C(O)C(O)[C@H](O)C1O. The molecule has 0 aromatic carbocycles. The molecule has 14 heteroatoms. The first-order valence-corrected chi connectivity index (χ1v) is 25.3. The Morgan fingerprint density at radius 3 is 1.38 bits per heavy atom. The van der Waals surface area contributed by atoms with Crippen molar-refractivity contribution in [2.45, 2.75) is 236 Å². The van der Waals surface area contributed by atoms with E-state index < -0.39 is 75.7 Å². The molecule has 0 radical (unpaired) electrons. The van der Waals surface area contributed by atoms with Crippen molar-refractivity contribution < 1.29 is 63.1 Å². The number of hydrogen-bond donors (Lipinski definition) is 6. The number of aliphatic hydroxyl groups is 5. The van der Waals surface area contributed by atoms with Crippen molar-refractivity contribution in [3.8, 4) is 0 Å². The van der Waals surface area contributed by atoms with Gasteiger partial charge in [0.25, 0.3) is 0 Å². The van der Waals surface area contributed by atoms with E-state index >= 15 is 0 Å². The zero-order valence-electron chi connectivity index (χ0n) is 37.7. The summed E-state index contributed by atoms with van der Waals surface area (Å²) in [6, 6.07) is 0. The van der Waals surface area contributed by atoms with Gasteiger partial charge in [0.1, 0.15) is 43.2 Å². The van der Waals surface area contributed by atoms with E-state index in [1.807, 2.05) is 0 Å². The minimum absolute atomic E-state index is 0.0873. The van der Waals surface area contributed by atoms with Crippen LogP contribution in [0.2, 0.25) is 0 Å². The number of phosphoric acid groups is 1. The highest BCUT2D eigenvalue weighted by molar-refractivity contribution is 7.47. The van der Waals surface area contributed by atoms with Crippen LogP contribution in [0.1, 0.15) is 194 Å². The summed E-state index contributed by atoms with van der Waals surface area (Å²) in [5.74, 6) is -1.11. The third-order valence-electron chi connectivity index (χ3n) is 11.0. The zero-order chi connectivity index (χ0) is 45.0. The molecule has 1 aliphatic carbocycles. The third-order valence-corrected chi connectivity index (χ3v) is 11.9. The number of carbonyl (C=O) groups is 2. The van der Waals surface area contributed by atoms with Crippen LogP contribution in [0.4, 0.5) is 0 Å². The normalized spacial score (nSPS) is 22.3. The number of allylic oxidation sites excluding steroid dienone is 6. The Bertz CT molecular complexity index is 1210. The van der Waals surface area contributed by atoms with Crippen molar-refractivity contribution in [2.24, 2.45) is 0 Å². The number of phosphoric ester groups is 1. The number of esters is 2. The predicted molar refractivity (Wildman–Crippen MR) is 240 cm³/mol. The molecule has 1 aliphatic rings. The molecule has 0 bridgehead atoms. The van der Waals surface area contributed by atoms with E-state index in [-0.39, 0.29) is 12.8 Å². The van der Waals surface area contributed by atoms with E-state index in [0.717, 1.165) is 89.9 Å². The standard InChI is InChI=1S/C47H85O13P/c1-3-5-7-9-11-13-15-17-19-20-22-24-26-28-30-32-34-36-41(49)59-39(38-58-61(55,56)60-47-45(53)43(51)42(50)44(52)46(47)54)37-57-40(48)35-33-31-29-27-25-23-21-18-16-14-12-10-8-6-4-2/h11,13-14,16-17,19,39,42-47,50-54H,3-10,12,15,18,20-38H2,1-2H3,(H,55,56)/b13-11+,16-14+,19-17+/t39-,42?,43+,44?,45?,46?,47?/m1/s1. The molecule has 1 rings (SSSR count). The second-order valence-electron chi connectivity index (χ2n) is 16.6. The lowest BCUT2D eigenvalue weighted by atomic mass is 9.85.